The van der Waals surface area contributed by atoms with Gasteiger partial charge >= 0.3 is 6.09 Å². The van der Waals surface area contributed by atoms with Crippen molar-refractivity contribution in [3.63, 3.8) is 0 Å². The average Bonchev–Trinajstić information content (AvgIpc) is 3.06. The number of fused-ring (bicyclic) bond motifs is 1. The van der Waals surface area contributed by atoms with Crippen molar-refractivity contribution in [1.29, 1.82) is 0 Å². The number of hydrogen-bond acceptors (Lipinski definition) is 6. The number of amidine groups is 1. The van der Waals surface area contributed by atoms with E-state index < -0.39 is 33.5 Å². The van der Waals surface area contributed by atoms with Crippen LogP contribution in [0.2, 0.25) is 10.0 Å². The first-order valence-electron chi connectivity index (χ1n) is 9.54. The Morgan fingerprint density at radius 1 is 1.29 bits per heavy atom. The predicted molar refractivity (Wildman–Crippen MR) is 124 cm³/mol. The summed E-state index contributed by atoms with van der Waals surface area (Å²) < 4.78 is 29.4. The molecule has 0 spiro atoms. The topological polar surface area (TPSA) is 105 Å². The van der Waals surface area contributed by atoms with Crippen molar-refractivity contribution in [1.82, 2.24) is 5.32 Å². The Morgan fingerprint density at radius 3 is 2.68 bits per heavy atom. The molecule has 2 fully saturated rings. The van der Waals surface area contributed by atoms with E-state index in [9.17, 15) is 18.0 Å². The highest BCUT2D eigenvalue weighted by molar-refractivity contribution is 8.16. The van der Waals surface area contributed by atoms with Gasteiger partial charge in [-0.05, 0) is 39.0 Å². The standard InChI is InChI=1S/C19H23Cl2N3O5S2/c1-19(2,3)29-18(26)22-7-6-16(25)23-17-24(13-8-11(20)4-5-12(13)21)14-9-31(27,28)10-15(14)30-17/h4-5,8,14-15H,6-7,9-10H2,1-3H3,(H,22,26)/t14-,15+/m0/s1. The number of ether oxygens (including phenoxy) is 1. The Morgan fingerprint density at radius 2 is 2.00 bits per heavy atom. The highest BCUT2D eigenvalue weighted by Crippen LogP contribution is 2.43. The SMILES string of the molecule is CC(C)(C)OC(=O)NCCC(=O)N=C1S[C@@H]2CS(=O)(=O)C[C@@H]2N1c1cc(Cl)ccc1Cl. The van der Waals surface area contributed by atoms with Gasteiger partial charge in [0.15, 0.2) is 15.0 Å². The summed E-state index contributed by atoms with van der Waals surface area (Å²) in [4.78, 5) is 30.0. The van der Waals surface area contributed by atoms with Gasteiger partial charge in [0.1, 0.15) is 5.60 Å². The van der Waals surface area contributed by atoms with Crippen molar-refractivity contribution in [2.24, 2.45) is 4.99 Å². The van der Waals surface area contributed by atoms with Gasteiger partial charge in [0.05, 0.1) is 28.3 Å². The second kappa shape index (κ2) is 9.17. The number of halogens is 2. The fourth-order valence-corrected chi connectivity index (χ4v) is 7.56. The molecule has 2 amide bonds. The Balaban J connectivity index is 1.75. The number of amides is 2. The zero-order valence-corrected chi connectivity index (χ0v) is 20.4. The van der Waals surface area contributed by atoms with E-state index >= 15 is 0 Å². The van der Waals surface area contributed by atoms with Crippen LogP contribution in [0.25, 0.3) is 0 Å². The van der Waals surface area contributed by atoms with E-state index in [4.69, 9.17) is 27.9 Å². The maximum atomic E-state index is 12.4. The number of hydrogen-bond donors (Lipinski definition) is 1. The normalized spacial score (nSPS) is 23.6. The van der Waals surface area contributed by atoms with Gasteiger partial charge in [-0.1, -0.05) is 35.0 Å². The quantitative estimate of drug-likeness (QED) is 0.664. The lowest BCUT2D eigenvalue weighted by Crippen LogP contribution is -2.38. The summed E-state index contributed by atoms with van der Waals surface area (Å²) >= 11 is 13.7. The number of nitrogens with one attached hydrogen (secondary N) is 1. The van der Waals surface area contributed by atoms with Crippen molar-refractivity contribution >= 4 is 67.7 Å². The van der Waals surface area contributed by atoms with Crippen LogP contribution < -0.4 is 10.2 Å². The van der Waals surface area contributed by atoms with E-state index in [1.54, 1.807) is 43.9 Å². The number of benzene rings is 1. The summed E-state index contributed by atoms with van der Waals surface area (Å²) in [5, 5.41) is 3.44. The van der Waals surface area contributed by atoms with Gasteiger partial charge < -0.3 is 15.0 Å². The summed E-state index contributed by atoms with van der Waals surface area (Å²) in [7, 11) is -3.20. The minimum atomic E-state index is -3.20. The van der Waals surface area contributed by atoms with Crippen LogP contribution in [0.1, 0.15) is 27.2 Å². The number of sulfone groups is 1. The van der Waals surface area contributed by atoms with Crippen LogP contribution >= 0.6 is 35.0 Å². The van der Waals surface area contributed by atoms with E-state index in [2.05, 4.69) is 10.3 Å². The largest absolute Gasteiger partial charge is 0.444 e. The van der Waals surface area contributed by atoms with Crippen molar-refractivity contribution in [3.8, 4) is 0 Å². The monoisotopic (exact) mass is 507 g/mol. The zero-order chi connectivity index (χ0) is 23.0. The second-order valence-corrected chi connectivity index (χ2v) is 12.4. The number of aliphatic imine (C=N–C) groups is 1. The van der Waals surface area contributed by atoms with E-state index in [0.717, 1.165) is 0 Å². The number of rotatable bonds is 4. The second-order valence-electron chi connectivity index (χ2n) is 8.23. The molecule has 2 atom stereocenters. The molecule has 0 unspecified atom stereocenters. The molecule has 2 heterocycles. The summed E-state index contributed by atoms with van der Waals surface area (Å²) in [6, 6.07) is 4.48. The van der Waals surface area contributed by atoms with Crippen molar-refractivity contribution < 1.29 is 22.7 Å². The smallest absolute Gasteiger partial charge is 0.407 e. The first kappa shape index (κ1) is 24.2. The van der Waals surface area contributed by atoms with Crippen LogP contribution in [0.15, 0.2) is 23.2 Å². The molecule has 0 radical (unpaired) electrons. The third-order valence-electron chi connectivity index (χ3n) is 4.46. The van der Waals surface area contributed by atoms with Gasteiger partial charge in [0.2, 0.25) is 5.91 Å². The summed E-state index contributed by atoms with van der Waals surface area (Å²) in [5.41, 5.74) is -0.131. The molecule has 0 aliphatic carbocycles. The molecule has 31 heavy (non-hydrogen) atoms. The van der Waals surface area contributed by atoms with Gasteiger partial charge in [-0.15, -0.1) is 0 Å². The zero-order valence-electron chi connectivity index (χ0n) is 17.2. The molecule has 0 aromatic heterocycles. The maximum Gasteiger partial charge on any atom is 0.407 e. The molecular formula is C19H23Cl2N3O5S2. The molecule has 0 bridgehead atoms. The number of carbonyl (C=O) groups excluding carboxylic acids is 2. The Labute approximate surface area is 195 Å². The number of alkyl carbamates (subject to hydrolysis) is 1. The fraction of sp³-hybridized carbons (Fsp3) is 0.526. The van der Waals surface area contributed by atoms with E-state index in [1.165, 1.54) is 11.8 Å². The third-order valence-corrected chi connectivity index (χ3v) is 8.23. The Bertz CT molecular complexity index is 1020. The van der Waals surface area contributed by atoms with Crippen LogP contribution in [0.5, 0.6) is 0 Å². The van der Waals surface area contributed by atoms with E-state index in [0.29, 0.717) is 20.9 Å². The van der Waals surface area contributed by atoms with Crippen LogP contribution in [-0.4, -0.2) is 60.5 Å². The summed E-state index contributed by atoms with van der Waals surface area (Å²) in [5.74, 6) is -0.504. The lowest BCUT2D eigenvalue weighted by Gasteiger charge is -2.25. The molecule has 12 heteroatoms. The predicted octanol–water partition coefficient (Wildman–Crippen LogP) is 3.51. The first-order chi connectivity index (χ1) is 14.3. The van der Waals surface area contributed by atoms with Crippen molar-refractivity contribution in [2.75, 3.05) is 23.0 Å². The Hall–Kier alpha value is -1.49. The van der Waals surface area contributed by atoms with Crippen LogP contribution in [0.4, 0.5) is 10.5 Å². The minimum Gasteiger partial charge on any atom is -0.444 e. The number of anilines is 1. The molecular weight excluding hydrogens is 485 g/mol. The molecule has 1 aromatic carbocycles. The molecule has 0 saturated carbocycles. The highest BCUT2D eigenvalue weighted by atomic mass is 35.5. The van der Waals surface area contributed by atoms with Gasteiger partial charge in [0.25, 0.3) is 0 Å². The molecule has 8 nitrogen and oxygen atoms in total. The Kier molecular flexibility index (Phi) is 7.15. The average molecular weight is 508 g/mol. The van der Waals surface area contributed by atoms with Crippen molar-refractivity contribution in [3.05, 3.63) is 28.2 Å². The molecule has 3 rings (SSSR count). The molecule has 1 N–H and O–H groups in total. The van der Waals surface area contributed by atoms with Crippen LogP contribution in [-0.2, 0) is 19.4 Å². The lowest BCUT2D eigenvalue weighted by atomic mass is 10.2. The molecule has 2 saturated heterocycles. The number of thioether (sulfide) groups is 1. The van der Waals surface area contributed by atoms with Crippen molar-refractivity contribution in [2.45, 2.75) is 44.1 Å². The van der Waals surface area contributed by atoms with E-state index in [-0.39, 0.29) is 29.7 Å². The molecule has 2 aliphatic rings. The fourth-order valence-electron chi connectivity index (χ4n) is 3.26. The summed E-state index contributed by atoms with van der Waals surface area (Å²) in [6.07, 6.45) is -0.649. The molecule has 1 aromatic rings. The van der Waals surface area contributed by atoms with Gasteiger partial charge in [-0.2, -0.15) is 4.99 Å². The van der Waals surface area contributed by atoms with Gasteiger partial charge in [-0.25, -0.2) is 13.2 Å². The first-order valence-corrected chi connectivity index (χ1v) is 13.0. The number of nitrogens with zero attached hydrogens (tertiary/aromatic N) is 2. The third kappa shape index (κ3) is 6.27. The molecule has 2 aliphatic heterocycles. The van der Waals surface area contributed by atoms with E-state index in [1.807, 2.05) is 0 Å². The minimum absolute atomic E-state index is 0.00439. The number of carbonyl (C=O) groups is 2. The van der Waals surface area contributed by atoms with Crippen LogP contribution in [0.3, 0.4) is 0 Å². The maximum absolute atomic E-state index is 12.4. The lowest BCUT2D eigenvalue weighted by molar-refractivity contribution is -0.117. The van der Waals surface area contributed by atoms with Gasteiger partial charge in [0, 0.05) is 23.2 Å². The molecule has 170 valence electrons. The summed E-state index contributed by atoms with van der Waals surface area (Å²) in [6.45, 7) is 5.29. The highest BCUT2D eigenvalue weighted by Gasteiger charge is 2.49. The van der Waals surface area contributed by atoms with Crippen LogP contribution in [0, 0.1) is 0 Å². The van der Waals surface area contributed by atoms with Gasteiger partial charge in [-0.3, -0.25) is 4.79 Å².